The Hall–Kier alpha value is -1.24. The van der Waals surface area contributed by atoms with E-state index in [0.29, 0.717) is 10.8 Å². The summed E-state index contributed by atoms with van der Waals surface area (Å²) in [7, 11) is 0. The molecule has 0 aliphatic carbocycles. The van der Waals surface area contributed by atoms with Crippen LogP contribution in [0.25, 0.3) is 0 Å². The minimum atomic E-state index is -0.439. The van der Waals surface area contributed by atoms with Gasteiger partial charge in [0.15, 0.2) is 0 Å². The summed E-state index contributed by atoms with van der Waals surface area (Å²) in [5.74, 6) is -0.144. The normalized spacial score (nSPS) is 10.4. The summed E-state index contributed by atoms with van der Waals surface area (Å²) < 4.78 is 18.0. The number of ether oxygens (including phenoxy) is 1. The van der Waals surface area contributed by atoms with Crippen molar-refractivity contribution >= 4 is 22.9 Å². The van der Waals surface area contributed by atoms with E-state index in [-0.39, 0.29) is 16.8 Å². The molecule has 0 radical (unpaired) electrons. The molecule has 0 fully saturated rings. The van der Waals surface area contributed by atoms with Gasteiger partial charge >= 0.3 is 0 Å². The van der Waals surface area contributed by atoms with Gasteiger partial charge in [-0.05, 0) is 18.2 Å². The molecule has 1 heterocycles. The quantitative estimate of drug-likeness (QED) is 0.922. The first-order chi connectivity index (χ1) is 7.69. The second-order valence-corrected chi connectivity index (χ2v) is 4.23. The third kappa shape index (κ3) is 2.46. The van der Waals surface area contributed by atoms with Gasteiger partial charge in [0.25, 0.3) is 5.19 Å². The fraction of sp³-hybridized carbons (Fsp3) is 0.111. The molecule has 1 aromatic carbocycles. The summed E-state index contributed by atoms with van der Waals surface area (Å²) in [5, 5.41) is 17.0. The number of halogens is 2. The maximum Gasteiger partial charge on any atom is 0.299 e. The van der Waals surface area contributed by atoms with Gasteiger partial charge in [-0.15, -0.1) is 5.10 Å². The molecule has 2 rings (SSSR count). The second-order valence-electron chi connectivity index (χ2n) is 2.80. The van der Waals surface area contributed by atoms with E-state index >= 15 is 0 Å². The molecular weight excluding hydrogens is 255 g/mol. The van der Waals surface area contributed by atoms with Gasteiger partial charge in [-0.2, -0.15) is 0 Å². The second kappa shape index (κ2) is 4.73. The number of aliphatic hydroxyl groups excluding tert-OH is 1. The largest absolute Gasteiger partial charge is 0.428 e. The number of hydrogen-bond acceptors (Lipinski definition) is 5. The molecule has 0 amide bonds. The van der Waals surface area contributed by atoms with Crippen molar-refractivity contribution in [3.63, 3.8) is 0 Å². The smallest absolute Gasteiger partial charge is 0.299 e. The maximum absolute atomic E-state index is 12.7. The molecule has 2 aromatic rings. The van der Waals surface area contributed by atoms with Gasteiger partial charge in [0.2, 0.25) is 0 Å². The van der Waals surface area contributed by atoms with Crippen molar-refractivity contribution in [2.24, 2.45) is 0 Å². The predicted octanol–water partition coefficient (Wildman–Crippen LogP) is 2.62. The van der Waals surface area contributed by atoms with Crippen LogP contribution in [0.4, 0.5) is 4.39 Å². The van der Waals surface area contributed by atoms with Crippen LogP contribution < -0.4 is 4.74 Å². The first-order valence-electron chi connectivity index (χ1n) is 4.25. The molecule has 84 valence electrons. The van der Waals surface area contributed by atoms with E-state index in [1.165, 1.54) is 12.1 Å². The number of rotatable bonds is 3. The van der Waals surface area contributed by atoms with Crippen LogP contribution in [0.15, 0.2) is 18.2 Å². The zero-order valence-electron chi connectivity index (χ0n) is 7.85. The van der Waals surface area contributed by atoms with Gasteiger partial charge < -0.3 is 9.84 Å². The molecule has 0 bridgehead atoms. The average molecular weight is 261 g/mol. The first kappa shape index (κ1) is 11.3. The van der Waals surface area contributed by atoms with Crippen molar-refractivity contribution in [2.75, 3.05) is 0 Å². The number of aromatic nitrogens is 2. The van der Waals surface area contributed by atoms with Crippen molar-refractivity contribution in [3.05, 3.63) is 34.0 Å². The van der Waals surface area contributed by atoms with Gasteiger partial charge in [-0.1, -0.05) is 28.0 Å². The van der Waals surface area contributed by atoms with E-state index in [9.17, 15) is 4.39 Å². The molecule has 0 aliphatic heterocycles. The van der Waals surface area contributed by atoms with Crippen molar-refractivity contribution in [1.29, 1.82) is 0 Å². The summed E-state index contributed by atoms with van der Waals surface area (Å²) in [6.07, 6.45) is 0. The van der Waals surface area contributed by atoms with E-state index in [2.05, 4.69) is 10.2 Å². The van der Waals surface area contributed by atoms with Gasteiger partial charge in [-0.25, -0.2) is 4.39 Å². The SMILES string of the molecule is OCc1nnc(Oc2ccc(F)cc2Cl)s1. The molecule has 0 unspecified atom stereocenters. The molecule has 0 aliphatic rings. The Morgan fingerprint density at radius 3 is 2.88 bits per heavy atom. The highest BCUT2D eigenvalue weighted by Gasteiger charge is 2.08. The maximum atomic E-state index is 12.7. The third-order valence-corrected chi connectivity index (χ3v) is 2.76. The lowest BCUT2D eigenvalue weighted by molar-refractivity contribution is 0.280. The van der Waals surface area contributed by atoms with Crippen LogP contribution >= 0.6 is 22.9 Å². The first-order valence-corrected chi connectivity index (χ1v) is 5.44. The van der Waals surface area contributed by atoms with Gasteiger partial charge in [0.05, 0.1) is 11.6 Å². The minimum absolute atomic E-state index is 0.153. The van der Waals surface area contributed by atoms with Crippen LogP contribution in [0.1, 0.15) is 5.01 Å². The van der Waals surface area contributed by atoms with E-state index in [1.807, 2.05) is 0 Å². The molecule has 4 nitrogen and oxygen atoms in total. The molecule has 0 saturated carbocycles. The van der Waals surface area contributed by atoms with Crippen LogP contribution in [0.5, 0.6) is 10.9 Å². The predicted molar refractivity (Wildman–Crippen MR) is 57.3 cm³/mol. The fourth-order valence-electron chi connectivity index (χ4n) is 0.995. The van der Waals surface area contributed by atoms with Crippen molar-refractivity contribution < 1.29 is 14.2 Å². The highest BCUT2D eigenvalue weighted by Crippen LogP contribution is 2.31. The lowest BCUT2D eigenvalue weighted by Gasteiger charge is -2.02. The topological polar surface area (TPSA) is 55.2 Å². The summed E-state index contributed by atoms with van der Waals surface area (Å²) in [6, 6.07) is 3.78. The third-order valence-electron chi connectivity index (χ3n) is 1.67. The molecule has 0 atom stereocenters. The summed E-state index contributed by atoms with van der Waals surface area (Å²) in [6.45, 7) is -0.196. The standard InChI is InChI=1S/C9H6ClFN2O2S/c10-6-3-5(11)1-2-7(6)15-9-13-12-8(4-14)16-9/h1-3,14H,4H2. The molecule has 0 saturated heterocycles. The summed E-state index contributed by atoms with van der Waals surface area (Å²) in [4.78, 5) is 0. The van der Waals surface area contributed by atoms with Crippen molar-refractivity contribution in [3.8, 4) is 10.9 Å². The molecule has 1 aromatic heterocycles. The molecule has 0 spiro atoms. The van der Waals surface area contributed by atoms with Crippen LogP contribution in [-0.2, 0) is 6.61 Å². The Labute approximate surface area is 99.3 Å². The van der Waals surface area contributed by atoms with Crippen LogP contribution in [0.2, 0.25) is 5.02 Å². The summed E-state index contributed by atoms with van der Waals surface area (Å²) in [5.41, 5.74) is 0. The zero-order valence-corrected chi connectivity index (χ0v) is 9.43. The Balaban J connectivity index is 2.20. The lowest BCUT2D eigenvalue weighted by atomic mass is 10.3. The number of hydrogen-bond donors (Lipinski definition) is 1. The molecule has 7 heteroatoms. The van der Waals surface area contributed by atoms with E-state index in [0.717, 1.165) is 17.4 Å². The van der Waals surface area contributed by atoms with Crippen molar-refractivity contribution in [1.82, 2.24) is 10.2 Å². The fourth-order valence-corrected chi connectivity index (χ4v) is 1.76. The van der Waals surface area contributed by atoms with Gasteiger partial charge in [0, 0.05) is 0 Å². The van der Waals surface area contributed by atoms with Crippen molar-refractivity contribution in [2.45, 2.75) is 6.61 Å². The van der Waals surface area contributed by atoms with E-state index in [4.69, 9.17) is 21.4 Å². The average Bonchev–Trinajstić information content (AvgIpc) is 2.70. The van der Waals surface area contributed by atoms with Crippen LogP contribution in [0.3, 0.4) is 0 Å². The monoisotopic (exact) mass is 260 g/mol. The van der Waals surface area contributed by atoms with Crippen LogP contribution in [-0.4, -0.2) is 15.3 Å². The Kier molecular flexibility index (Phi) is 3.33. The highest BCUT2D eigenvalue weighted by molar-refractivity contribution is 7.13. The number of nitrogens with zero attached hydrogens (tertiary/aromatic N) is 2. The Morgan fingerprint density at radius 2 is 2.25 bits per heavy atom. The molecular formula is C9H6ClFN2O2S. The number of aliphatic hydroxyl groups is 1. The zero-order chi connectivity index (χ0) is 11.5. The molecule has 1 N–H and O–H groups in total. The van der Waals surface area contributed by atoms with Gasteiger partial charge in [0.1, 0.15) is 16.6 Å². The minimum Gasteiger partial charge on any atom is -0.428 e. The Bertz CT molecular complexity index is 506. The summed E-state index contributed by atoms with van der Waals surface area (Å²) >= 11 is 6.86. The molecule has 16 heavy (non-hydrogen) atoms. The highest BCUT2D eigenvalue weighted by atomic mass is 35.5. The van der Waals surface area contributed by atoms with Gasteiger partial charge in [-0.3, -0.25) is 0 Å². The lowest BCUT2D eigenvalue weighted by Crippen LogP contribution is -1.85. The van der Waals surface area contributed by atoms with Crippen LogP contribution in [0, 0.1) is 5.82 Å². The Morgan fingerprint density at radius 1 is 1.44 bits per heavy atom. The van der Waals surface area contributed by atoms with E-state index < -0.39 is 5.82 Å². The number of benzene rings is 1. The van der Waals surface area contributed by atoms with E-state index in [1.54, 1.807) is 0 Å².